The molecule has 1 aromatic carbocycles. The van der Waals surface area contributed by atoms with E-state index in [0.717, 1.165) is 11.5 Å². The molecule has 0 aliphatic heterocycles. The van der Waals surface area contributed by atoms with Gasteiger partial charge in [0, 0.05) is 33.0 Å². The van der Waals surface area contributed by atoms with Crippen molar-refractivity contribution in [2.45, 2.75) is 25.0 Å². The van der Waals surface area contributed by atoms with Crippen LogP contribution in [-0.2, 0) is 9.47 Å². The summed E-state index contributed by atoms with van der Waals surface area (Å²) in [5.74, 6) is 0.277. The van der Waals surface area contributed by atoms with Crippen molar-refractivity contribution in [3.05, 3.63) is 35.7 Å². The van der Waals surface area contributed by atoms with Crippen LogP contribution in [0.4, 0.5) is 13.2 Å². The Balaban J connectivity index is 1.97. The molecule has 0 saturated heterocycles. The lowest BCUT2D eigenvalue weighted by Crippen LogP contribution is -2.46. The molecule has 1 aliphatic rings. The largest absolute Gasteiger partial charge is 0.573 e. The van der Waals surface area contributed by atoms with Crippen molar-refractivity contribution in [1.82, 2.24) is 0 Å². The number of rotatable bonds is 4. The van der Waals surface area contributed by atoms with Gasteiger partial charge >= 0.3 is 6.36 Å². The molecule has 1 aliphatic carbocycles. The van der Waals surface area contributed by atoms with E-state index in [-0.39, 0.29) is 5.75 Å². The monoisotopic (exact) mass is 275 g/mol. The van der Waals surface area contributed by atoms with Crippen LogP contribution in [0.3, 0.4) is 0 Å². The van der Waals surface area contributed by atoms with Gasteiger partial charge in [-0.2, -0.15) is 0 Å². The van der Waals surface area contributed by atoms with Crippen LogP contribution >= 0.6 is 0 Å². The molecule has 105 valence electrons. The summed E-state index contributed by atoms with van der Waals surface area (Å²) < 4.78 is 50.3. The fourth-order valence-electron chi connectivity index (χ4n) is 2.07. The van der Waals surface area contributed by atoms with E-state index in [1.54, 1.807) is 26.4 Å². The molecule has 1 radical (unpaired) electrons. The quantitative estimate of drug-likeness (QED) is 0.789. The minimum Gasteiger partial charge on any atom is -0.406 e. The third-order valence-corrected chi connectivity index (χ3v) is 3.21. The van der Waals surface area contributed by atoms with E-state index in [1.807, 2.05) is 0 Å². The fraction of sp³-hybridized carbons (Fsp3) is 0.462. The molecule has 0 amide bonds. The highest BCUT2D eigenvalue weighted by Gasteiger charge is 2.46. The van der Waals surface area contributed by atoms with Gasteiger partial charge in [0.25, 0.3) is 0 Å². The summed E-state index contributed by atoms with van der Waals surface area (Å²) in [5, 5.41) is 0. The molecule has 0 N–H and O–H groups in total. The first-order valence-corrected chi connectivity index (χ1v) is 5.69. The van der Waals surface area contributed by atoms with Crippen molar-refractivity contribution in [2.75, 3.05) is 14.2 Å². The summed E-state index contributed by atoms with van der Waals surface area (Å²) in [6.45, 7) is 0. The second-order valence-electron chi connectivity index (χ2n) is 4.35. The number of methoxy groups -OCH3 is 2. The standard InChI is InChI=1S/C13H14F3O3/c1-17-12(18-2)7-10(8-12)9-3-5-11(6-4-9)19-13(14,15)16/h3-6H,7-8H2,1-2H3. The summed E-state index contributed by atoms with van der Waals surface area (Å²) in [7, 11) is 3.14. The Morgan fingerprint density at radius 3 is 1.95 bits per heavy atom. The third kappa shape index (κ3) is 3.19. The highest BCUT2D eigenvalue weighted by Crippen LogP contribution is 2.46. The van der Waals surface area contributed by atoms with Crippen molar-refractivity contribution < 1.29 is 27.4 Å². The van der Waals surface area contributed by atoms with E-state index in [4.69, 9.17) is 9.47 Å². The van der Waals surface area contributed by atoms with Gasteiger partial charge < -0.3 is 14.2 Å². The second-order valence-corrected chi connectivity index (χ2v) is 4.35. The molecule has 2 rings (SSSR count). The molecule has 3 nitrogen and oxygen atoms in total. The average molecular weight is 275 g/mol. The number of hydrogen-bond donors (Lipinski definition) is 0. The lowest BCUT2D eigenvalue weighted by atomic mass is 9.74. The van der Waals surface area contributed by atoms with Crippen LogP contribution in [0.25, 0.3) is 0 Å². The molecule has 0 aromatic heterocycles. The van der Waals surface area contributed by atoms with Gasteiger partial charge in [0.15, 0.2) is 5.79 Å². The zero-order valence-electron chi connectivity index (χ0n) is 10.6. The van der Waals surface area contributed by atoms with Crippen LogP contribution in [0.2, 0.25) is 0 Å². The van der Waals surface area contributed by atoms with Crippen molar-refractivity contribution in [2.24, 2.45) is 0 Å². The Morgan fingerprint density at radius 2 is 1.53 bits per heavy atom. The van der Waals surface area contributed by atoms with Gasteiger partial charge in [0.05, 0.1) is 0 Å². The van der Waals surface area contributed by atoms with Gasteiger partial charge in [-0.05, 0) is 17.7 Å². The maximum atomic E-state index is 12.0. The predicted molar refractivity (Wildman–Crippen MR) is 61.5 cm³/mol. The van der Waals surface area contributed by atoms with Crippen molar-refractivity contribution in [1.29, 1.82) is 0 Å². The Bertz CT molecular complexity index is 416. The Morgan fingerprint density at radius 1 is 1.00 bits per heavy atom. The molecule has 1 saturated carbocycles. The van der Waals surface area contributed by atoms with Crippen molar-refractivity contribution >= 4 is 0 Å². The number of hydrogen-bond acceptors (Lipinski definition) is 3. The first-order chi connectivity index (χ1) is 8.87. The summed E-state index contributed by atoms with van der Waals surface area (Å²) in [6, 6.07) is 5.81. The predicted octanol–water partition coefficient (Wildman–Crippen LogP) is 3.29. The molecule has 0 bridgehead atoms. The van der Waals surface area contributed by atoms with Crippen LogP contribution < -0.4 is 4.74 Å². The minimum atomic E-state index is -4.66. The number of ether oxygens (including phenoxy) is 3. The Kier molecular flexibility index (Phi) is 3.73. The van der Waals surface area contributed by atoms with Crippen molar-refractivity contribution in [3.8, 4) is 5.75 Å². The highest BCUT2D eigenvalue weighted by atomic mass is 19.4. The Hall–Kier alpha value is -1.27. The maximum absolute atomic E-state index is 12.0. The van der Waals surface area contributed by atoms with Gasteiger partial charge in [0.1, 0.15) is 5.75 Å². The maximum Gasteiger partial charge on any atom is 0.573 e. The topological polar surface area (TPSA) is 27.7 Å². The summed E-state index contributed by atoms with van der Waals surface area (Å²) in [4.78, 5) is 0. The zero-order chi connectivity index (χ0) is 14.1. The molecule has 19 heavy (non-hydrogen) atoms. The van der Waals surface area contributed by atoms with E-state index in [1.165, 1.54) is 12.1 Å². The third-order valence-electron chi connectivity index (χ3n) is 3.21. The van der Waals surface area contributed by atoms with Crippen LogP contribution in [0.5, 0.6) is 5.75 Å². The van der Waals surface area contributed by atoms with Gasteiger partial charge in [-0.1, -0.05) is 12.1 Å². The van der Waals surface area contributed by atoms with E-state index in [9.17, 15) is 13.2 Å². The summed E-state index contributed by atoms with van der Waals surface area (Å²) >= 11 is 0. The first kappa shape index (κ1) is 14.1. The van der Waals surface area contributed by atoms with Gasteiger partial charge in [-0.3, -0.25) is 0 Å². The minimum absolute atomic E-state index is 0.221. The normalized spacial score (nSPS) is 19.0. The van der Waals surface area contributed by atoms with Gasteiger partial charge in [0.2, 0.25) is 0 Å². The van der Waals surface area contributed by atoms with E-state index in [0.29, 0.717) is 12.8 Å². The highest BCUT2D eigenvalue weighted by molar-refractivity contribution is 5.39. The van der Waals surface area contributed by atoms with E-state index in [2.05, 4.69) is 4.74 Å². The number of benzene rings is 1. The molecule has 0 spiro atoms. The summed E-state index contributed by atoms with van der Waals surface area (Å²) in [6.07, 6.45) is -3.44. The smallest absolute Gasteiger partial charge is 0.406 e. The number of halogens is 3. The molecule has 0 heterocycles. The average Bonchev–Trinajstić information content (AvgIpc) is 2.29. The summed E-state index contributed by atoms with van der Waals surface area (Å²) in [5.41, 5.74) is 0.874. The lowest BCUT2D eigenvalue weighted by Gasteiger charge is -2.44. The van der Waals surface area contributed by atoms with Crippen LogP contribution in [0.1, 0.15) is 18.4 Å². The fourth-order valence-corrected chi connectivity index (χ4v) is 2.07. The number of alkyl halides is 3. The first-order valence-electron chi connectivity index (χ1n) is 5.69. The molecule has 1 fully saturated rings. The van der Waals surface area contributed by atoms with E-state index >= 15 is 0 Å². The second kappa shape index (κ2) is 5.02. The van der Waals surface area contributed by atoms with Gasteiger partial charge in [-0.15, -0.1) is 13.2 Å². The molecule has 0 unspecified atom stereocenters. The SMILES string of the molecule is COC1(OC)C[C](c2ccc(OC(F)(F)F)cc2)C1. The van der Waals surface area contributed by atoms with E-state index < -0.39 is 12.1 Å². The lowest BCUT2D eigenvalue weighted by molar-refractivity contribution is -0.274. The molecule has 0 atom stereocenters. The van der Waals surface area contributed by atoms with Crippen molar-refractivity contribution in [3.63, 3.8) is 0 Å². The Labute approximate surface area is 109 Å². The van der Waals surface area contributed by atoms with Gasteiger partial charge in [-0.25, -0.2) is 0 Å². The molecular weight excluding hydrogens is 261 g/mol. The van der Waals surface area contributed by atoms with Crippen LogP contribution in [0.15, 0.2) is 24.3 Å². The van der Waals surface area contributed by atoms with Crippen LogP contribution in [0, 0.1) is 5.92 Å². The molecular formula is C13H14F3O3. The molecule has 1 aromatic rings. The van der Waals surface area contributed by atoms with Crippen LogP contribution in [-0.4, -0.2) is 26.4 Å². The zero-order valence-corrected chi connectivity index (χ0v) is 10.6. The molecule has 6 heteroatoms.